The van der Waals surface area contributed by atoms with E-state index in [1.54, 1.807) is 22.7 Å². The van der Waals surface area contributed by atoms with Crippen LogP contribution in [-0.2, 0) is 0 Å². The molecule has 0 aliphatic heterocycles. The van der Waals surface area contributed by atoms with E-state index in [4.69, 9.17) is 35.4 Å². The maximum Gasteiger partial charge on any atom is 0.145 e. The first-order valence-electron chi connectivity index (χ1n) is 5.79. The minimum absolute atomic E-state index is 0.764. The summed E-state index contributed by atoms with van der Waals surface area (Å²) in [5.41, 5.74) is 0. The van der Waals surface area contributed by atoms with Crippen LogP contribution in [0.5, 0.6) is 0 Å². The van der Waals surface area contributed by atoms with E-state index in [9.17, 15) is 0 Å². The van der Waals surface area contributed by atoms with Crippen LogP contribution in [-0.4, -0.2) is 23.3 Å². The Balaban J connectivity index is 2.38. The zero-order valence-corrected chi connectivity index (χ0v) is 15.5. The molecular weight excluding hydrogens is 363 g/mol. The summed E-state index contributed by atoms with van der Waals surface area (Å²) in [4.78, 5) is 0. The van der Waals surface area contributed by atoms with E-state index >= 15 is 0 Å². The third-order valence-corrected chi connectivity index (χ3v) is 8.33. The van der Waals surface area contributed by atoms with Crippen LogP contribution >= 0.6 is 81.6 Å². The molecule has 7 heteroatoms. The number of halogens is 2. The first kappa shape index (κ1) is 17.6. The molecule has 0 fully saturated rings. The molecule has 1 aromatic rings. The molecule has 0 spiro atoms. The molecule has 0 atom stereocenters. The molecule has 18 heavy (non-hydrogen) atoms. The third kappa shape index (κ3) is 7.36. The maximum absolute atomic E-state index is 5.68. The standard InChI is InChI=1S/C11H16Cl2S5/c12-5-1-3-7-15-9-10(18-11(14)17-9)16-8-4-2-6-13/h1-8H2. The van der Waals surface area contributed by atoms with E-state index in [2.05, 4.69) is 0 Å². The second-order valence-electron chi connectivity index (χ2n) is 3.52. The van der Waals surface area contributed by atoms with Crippen molar-refractivity contribution in [1.82, 2.24) is 0 Å². The number of thioether (sulfide) groups is 2. The Morgan fingerprint density at radius 1 is 0.833 bits per heavy atom. The van der Waals surface area contributed by atoms with Crippen molar-refractivity contribution in [3.8, 4) is 0 Å². The van der Waals surface area contributed by atoms with Gasteiger partial charge in [0.05, 0.1) is 8.42 Å². The Kier molecular flexibility index (Phi) is 11.0. The van der Waals surface area contributed by atoms with Gasteiger partial charge in [0.1, 0.15) is 3.14 Å². The highest BCUT2D eigenvalue weighted by Crippen LogP contribution is 2.41. The number of alkyl halides is 2. The SMILES string of the molecule is S=c1sc(SCCCCCl)c(SCCCCCl)s1. The number of hydrogen-bond donors (Lipinski definition) is 0. The van der Waals surface area contributed by atoms with Gasteiger partial charge in [-0.05, 0) is 37.2 Å². The van der Waals surface area contributed by atoms with E-state index in [-0.39, 0.29) is 0 Å². The summed E-state index contributed by atoms with van der Waals surface area (Å²) in [5, 5.41) is 0. The largest absolute Gasteiger partial charge is 0.145 e. The van der Waals surface area contributed by atoms with Crippen LogP contribution in [0.4, 0.5) is 0 Å². The van der Waals surface area contributed by atoms with Crippen molar-refractivity contribution >= 4 is 81.6 Å². The van der Waals surface area contributed by atoms with Gasteiger partial charge in [-0.2, -0.15) is 0 Å². The van der Waals surface area contributed by atoms with Gasteiger partial charge in [-0.3, -0.25) is 0 Å². The molecule has 0 bridgehead atoms. The van der Waals surface area contributed by atoms with Crippen LogP contribution in [0.2, 0.25) is 0 Å². The van der Waals surface area contributed by atoms with Crippen molar-refractivity contribution in [3.05, 3.63) is 3.14 Å². The zero-order valence-electron chi connectivity index (χ0n) is 9.95. The molecule has 1 rings (SSSR count). The Labute approximate surface area is 141 Å². The minimum atomic E-state index is 0.764. The highest BCUT2D eigenvalue weighted by molar-refractivity contribution is 8.05. The molecule has 0 saturated carbocycles. The predicted molar refractivity (Wildman–Crippen MR) is 94.4 cm³/mol. The summed E-state index contributed by atoms with van der Waals surface area (Å²) in [5.74, 6) is 3.81. The minimum Gasteiger partial charge on any atom is -0.127 e. The van der Waals surface area contributed by atoms with Crippen molar-refractivity contribution in [1.29, 1.82) is 0 Å². The van der Waals surface area contributed by atoms with Crippen LogP contribution < -0.4 is 0 Å². The number of hydrogen-bond acceptors (Lipinski definition) is 5. The van der Waals surface area contributed by atoms with E-state index in [1.807, 2.05) is 23.5 Å². The summed E-state index contributed by atoms with van der Waals surface area (Å²) in [6.45, 7) is 0. The van der Waals surface area contributed by atoms with Crippen LogP contribution in [0.3, 0.4) is 0 Å². The zero-order chi connectivity index (χ0) is 13.2. The molecule has 104 valence electrons. The van der Waals surface area contributed by atoms with Crippen LogP contribution in [0.1, 0.15) is 25.7 Å². The first-order valence-corrected chi connectivity index (χ1v) is 10.9. The van der Waals surface area contributed by atoms with E-state index in [0.717, 1.165) is 39.2 Å². The molecule has 0 radical (unpaired) electrons. The molecule has 0 unspecified atom stereocenters. The number of unbranched alkanes of at least 4 members (excludes halogenated alkanes) is 2. The van der Waals surface area contributed by atoms with Crippen molar-refractivity contribution in [2.45, 2.75) is 34.1 Å². The molecule has 1 aromatic heterocycles. The Morgan fingerprint density at radius 2 is 1.28 bits per heavy atom. The second-order valence-corrected chi connectivity index (χ2v) is 10.2. The lowest BCUT2D eigenvalue weighted by atomic mass is 10.4. The predicted octanol–water partition coefficient (Wildman–Crippen LogP) is 6.76. The molecule has 0 nitrogen and oxygen atoms in total. The molecule has 1 heterocycles. The summed E-state index contributed by atoms with van der Waals surface area (Å²) in [6.07, 6.45) is 4.56. The van der Waals surface area contributed by atoms with Gasteiger partial charge in [-0.15, -0.1) is 69.4 Å². The van der Waals surface area contributed by atoms with Gasteiger partial charge in [-0.25, -0.2) is 0 Å². The lowest BCUT2D eigenvalue weighted by Crippen LogP contribution is -1.83. The monoisotopic (exact) mass is 378 g/mol. The fourth-order valence-electron chi connectivity index (χ4n) is 1.16. The van der Waals surface area contributed by atoms with Crippen LogP contribution in [0, 0.1) is 3.14 Å². The van der Waals surface area contributed by atoms with Gasteiger partial charge in [0, 0.05) is 11.8 Å². The first-order chi connectivity index (χ1) is 8.77. The van der Waals surface area contributed by atoms with Crippen LogP contribution in [0.25, 0.3) is 0 Å². The quantitative estimate of drug-likeness (QED) is 0.191. The molecule has 0 aliphatic carbocycles. The smallest absolute Gasteiger partial charge is 0.127 e. The molecule has 0 aliphatic rings. The van der Waals surface area contributed by atoms with Crippen molar-refractivity contribution in [2.75, 3.05) is 23.3 Å². The summed E-state index contributed by atoms with van der Waals surface area (Å²) in [7, 11) is 0. The van der Waals surface area contributed by atoms with Gasteiger partial charge < -0.3 is 0 Å². The molecule has 0 saturated heterocycles. The fourth-order valence-corrected chi connectivity index (χ4v) is 7.78. The van der Waals surface area contributed by atoms with E-state index in [0.29, 0.717) is 0 Å². The lowest BCUT2D eigenvalue weighted by molar-refractivity contribution is 0.901. The topological polar surface area (TPSA) is 0 Å². The summed E-state index contributed by atoms with van der Waals surface area (Å²) in [6, 6.07) is 0. The van der Waals surface area contributed by atoms with E-state index in [1.165, 1.54) is 21.3 Å². The molecule has 0 amide bonds. The van der Waals surface area contributed by atoms with Crippen molar-refractivity contribution in [3.63, 3.8) is 0 Å². The van der Waals surface area contributed by atoms with Crippen molar-refractivity contribution < 1.29 is 0 Å². The Bertz CT molecular complexity index is 341. The number of rotatable bonds is 10. The molecule has 0 aromatic carbocycles. The highest BCUT2D eigenvalue weighted by atomic mass is 35.5. The van der Waals surface area contributed by atoms with Gasteiger partial charge in [0.2, 0.25) is 0 Å². The fraction of sp³-hybridized carbons (Fsp3) is 0.727. The summed E-state index contributed by atoms with van der Waals surface area (Å²) >= 11 is 24.0. The second kappa shape index (κ2) is 11.2. The van der Waals surface area contributed by atoms with Crippen LogP contribution in [0.15, 0.2) is 8.42 Å². The van der Waals surface area contributed by atoms with Gasteiger partial charge in [0.15, 0.2) is 0 Å². The van der Waals surface area contributed by atoms with Gasteiger partial charge in [0.25, 0.3) is 0 Å². The normalized spacial score (nSPS) is 11.0. The molecular formula is C11H16Cl2S5. The average Bonchev–Trinajstić information content (AvgIpc) is 2.71. The average molecular weight is 379 g/mol. The third-order valence-electron chi connectivity index (χ3n) is 2.04. The van der Waals surface area contributed by atoms with E-state index < -0.39 is 0 Å². The highest BCUT2D eigenvalue weighted by Gasteiger charge is 2.08. The Morgan fingerprint density at radius 3 is 1.67 bits per heavy atom. The molecule has 0 N–H and O–H groups in total. The van der Waals surface area contributed by atoms with Crippen molar-refractivity contribution in [2.24, 2.45) is 0 Å². The van der Waals surface area contributed by atoms with Gasteiger partial charge >= 0.3 is 0 Å². The lowest BCUT2D eigenvalue weighted by Gasteiger charge is -2.02. The Hall–Kier alpha value is 1.55. The maximum atomic E-state index is 5.68. The van der Waals surface area contributed by atoms with Gasteiger partial charge in [-0.1, -0.05) is 12.2 Å². The summed E-state index contributed by atoms with van der Waals surface area (Å²) < 4.78 is 3.83.